The van der Waals surface area contributed by atoms with Gasteiger partial charge in [-0.2, -0.15) is 0 Å². The third-order valence-electron chi connectivity index (χ3n) is 4.78. The van der Waals surface area contributed by atoms with Gasteiger partial charge < -0.3 is 20.3 Å². The molecule has 0 saturated carbocycles. The van der Waals surface area contributed by atoms with Crippen molar-refractivity contribution in [1.29, 1.82) is 0 Å². The zero-order chi connectivity index (χ0) is 24.7. The number of hydrogen-bond acceptors (Lipinski definition) is 4. The summed E-state index contributed by atoms with van der Waals surface area (Å²) >= 11 is 0. The van der Waals surface area contributed by atoms with E-state index in [1.807, 2.05) is 58.9 Å². The minimum atomic E-state index is -0.831. The Hall–Kier alpha value is -2.57. The van der Waals surface area contributed by atoms with Crippen LogP contribution in [0.2, 0.25) is 0 Å². The highest BCUT2D eigenvalue weighted by Gasteiger charge is 2.38. The lowest BCUT2D eigenvalue weighted by Gasteiger charge is -2.41. The van der Waals surface area contributed by atoms with E-state index in [-0.39, 0.29) is 24.4 Å². The molecule has 0 aliphatic carbocycles. The molecule has 7 nitrogen and oxygen atoms in total. The molecule has 2 atom stereocenters. The molecular weight excluding hydrogens is 406 g/mol. The molecule has 0 heterocycles. The van der Waals surface area contributed by atoms with Crippen LogP contribution < -0.4 is 10.6 Å². The zero-order valence-corrected chi connectivity index (χ0v) is 21.2. The van der Waals surface area contributed by atoms with Gasteiger partial charge in [-0.1, -0.05) is 43.2 Å². The van der Waals surface area contributed by atoms with Crippen LogP contribution >= 0.6 is 0 Å². The number of rotatable bonds is 8. The van der Waals surface area contributed by atoms with E-state index in [4.69, 9.17) is 4.74 Å². The third kappa shape index (κ3) is 8.89. The molecule has 7 heteroatoms. The standard InChI is InChI=1S/C25H41N3O4/c1-10-11-18(3)27-22(30)21(19-14-12-17(2)13-15-19)28(24(4,5)6)20(29)16-26-23(31)32-25(7,8)9/h12-15,18,21H,10-11,16H2,1-9H3,(H,26,31)(H,27,30). The van der Waals surface area contributed by atoms with E-state index in [0.29, 0.717) is 0 Å². The van der Waals surface area contributed by atoms with Gasteiger partial charge in [0.2, 0.25) is 11.8 Å². The Labute approximate surface area is 193 Å². The molecular formula is C25H41N3O4. The van der Waals surface area contributed by atoms with Crippen molar-refractivity contribution in [2.45, 2.75) is 98.4 Å². The van der Waals surface area contributed by atoms with Crippen LogP contribution in [0.5, 0.6) is 0 Å². The van der Waals surface area contributed by atoms with Gasteiger partial charge in [-0.25, -0.2) is 4.79 Å². The van der Waals surface area contributed by atoms with E-state index in [0.717, 1.165) is 24.0 Å². The Morgan fingerprint density at radius 2 is 1.59 bits per heavy atom. The smallest absolute Gasteiger partial charge is 0.408 e. The Morgan fingerprint density at radius 3 is 2.06 bits per heavy atom. The minimum Gasteiger partial charge on any atom is -0.444 e. The molecule has 0 saturated heterocycles. The maximum atomic E-state index is 13.4. The van der Waals surface area contributed by atoms with E-state index >= 15 is 0 Å². The number of alkyl carbamates (subject to hydrolysis) is 1. The number of hydrogen-bond donors (Lipinski definition) is 2. The summed E-state index contributed by atoms with van der Waals surface area (Å²) in [4.78, 5) is 40.4. The van der Waals surface area contributed by atoms with Crippen molar-refractivity contribution in [3.8, 4) is 0 Å². The Balaban J connectivity index is 3.25. The molecule has 0 spiro atoms. The fraction of sp³-hybridized carbons (Fsp3) is 0.640. The number of nitrogens with zero attached hydrogens (tertiary/aromatic N) is 1. The molecule has 0 fully saturated rings. The van der Waals surface area contributed by atoms with Crippen molar-refractivity contribution in [1.82, 2.24) is 15.5 Å². The van der Waals surface area contributed by atoms with E-state index in [9.17, 15) is 14.4 Å². The zero-order valence-electron chi connectivity index (χ0n) is 21.2. The first-order chi connectivity index (χ1) is 14.7. The number of aryl methyl sites for hydroxylation is 1. The predicted molar refractivity (Wildman–Crippen MR) is 127 cm³/mol. The highest BCUT2D eigenvalue weighted by molar-refractivity contribution is 5.91. The molecule has 0 aromatic heterocycles. The van der Waals surface area contributed by atoms with Gasteiger partial charge in [0.25, 0.3) is 0 Å². The molecule has 2 unspecified atom stereocenters. The number of amides is 3. The monoisotopic (exact) mass is 447 g/mol. The molecule has 0 aliphatic heterocycles. The van der Waals surface area contributed by atoms with Crippen molar-refractivity contribution in [3.05, 3.63) is 35.4 Å². The summed E-state index contributed by atoms with van der Waals surface area (Å²) < 4.78 is 5.24. The van der Waals surface area contributed by atoms with Crippen LogP contribution in [0.1, 0.15) is 85.4 Å². The van der Waals surface area contributed by atoms with Crippen LogP contribution in [0.4, 0.5) is 4.79 Å². The Bertz CT molecular complexity index is 776. The number of ether oxygens (including phenoxy) is 1. The number of nitrogens with one attached hydrogen (secondary N) is 2. The predicted octanol–water partition coefficient (Wildman–Crippen LogP) is 4.49. The lowest BCUT2D eigenvalue weighted by molar-refractivity contribution is -0.146. The van der Waals surface area contributed by atoms with Gasteiger partial charge in [0, 0.05) is 11.6 Å². The highest BCUT2D eigenvalue weighted by atomic mass is 16.6. The minimum absolute atomic E-state index is 0.0164. The average molecular weight is 448 g/mol. The van der Waals surface area contributed by atoms with Crippen LogP contribution in [0.15, 0.2) is 24.3 Å². The molecule has 0 aliphatic rings. The maximum absolute atomic E-state index is 13.4. The van der Waals surface area contributed by atoms with Crippen LogP contribution in [0.3, 0.4) is 0 Å². The molecule has 2 N–H and O–H groups in total. The maximum Gasteiger partial charge on any atom is 0.408 e. The second-order valence-electron chi connectivity index (χ2n) is 10.3. The normalized spacial score (nSPS) is 13.7. The van der Waals surface area contributed by atoms with Gasteiger partial charge >= 0.3 is 6.09 Å². The third-order valence-corrected chi connectivity index (χ3v) is 4.78. The van der Waals surface area contributed by atoms with Gasteiger partial charge in [0.15, 0.2) is 0 Å². The first-order valence-corrected chi connectivity index (χ1v) is 11.3. The SMILES string of the molecule is CCCC(C)NC(=O)C(c1ccc(C)cc1)N(C(=O)CNC(=O)OC(C)(C)C)C(C)(C)C. The summed E-state index contributed by atoms with van der Waals surface area (Å²) in [5.41, 5.74) is 0.439. The molecule has 0 bridgehead atoms. The quantitative estimate of drug-likeness (QED) is 0.614. The van der Waals surface area contributed by atoms with Gasteiger partial charge in [0.05, 0.1) is 0 Å². The van der Waals surface area contributed by atoms with E-state index in [1.165, 1.54) is 0 Å². The summed E-state index contributed by atoms with van der Waals surface area (Å²) in [5, 5.41) is 5.58. The number of carbonyl (C=O) groups is 3. The topological polar surface area (TPSA) is 87.7 Å². The summed E-state index contributed by atoms with van der Waals surface area (Å²) in [6.07, 6.45) is 1.11. The molecule has 0 radical (unpaired) electrons. The first kappa shape index (κ1) is 27.5. The van der Waals surface area contributed by atoms with Crippen molar-refractivity contribution in [2.24, 2.45) is 0 Å². The highest BCUT2D eigenvalue weighted by Crippen LogP contribution is 2.29. The summed E-state index contributed by atoms with van der Waals surface area (Å²) in [7, 11) is 0. The Morgan fingerprint density at radius 1 is 1.03 bits per heavy atom. The van der Waals surface area contributed by atoms with Crippen LogP contribution in [0, 0.1) is 6.92 Å². The largest absolute Gasteiger partial charge is 0.444 e. The van der Waals surface area contributed by atoms with Gasteiger partial charge in [0.1, 0.15) is 18.2 Å². The molecule has 180 valence electrons. The number of carbonyl (C=O) groups excluding carboxylic acids is 3. The molecule has 1 aromatic carbocycles. The Kier molecular flexibility index (Phi) is 9.73. The molecule has 32 heavy (non-hydrogen) atoms. The van der Waals surface area contributed by atoms with E-state index in [1.54, 1.807) is 25.7 Å². The van der Waals surface area contributed by atoms with Crippen molar-refractivity contribution in [2.75, 3.05) is 6.54 Å². The van der Waals surface area contributed by atoms with Crippen molar-refractivity contribution < 1.29 is 19.1 Å². The van der Waals surface area contributed by atoms with Gasteiger partial charge in [-0.3, -0.25) is 9.59 Å². The number of benzene rings is 1. The van der Waals surface area contributed by atoms with Crippen molar-refractivity contribution in [3.63, 3.8) is 0 Å². The second-order valence-corrected chi connectivity index (χ2v) is 10.3. The molecule has 3 amide bonds. The average Bonchev–Trinajstić information content (AvgIpc) is 2.62. The fourth-order valence-electron chi connectivity index (χ4n) is 3.45. The first-order valence-electron chi connectivity index (χ1n) is 11.3. The summed E-state index contributed by atoms with van der Waals surface area (Å²) in [6.45, 7) is 16.6. The van der Waals surface area contributed by atoms with Crippen LogP contribution in [0.25, 0.3) is 0 Å². The lowest BCUT2D eigenvalue weighted by Crippen LogP contribution is -2.55. The summed E-state index contributed by atoms with van der Waals surface area (Å²) in [6, 6.07) is 6.75. The lowest BCUT2D eigenvalue weighted by atomic mass is 9.95. The van der Waals surface area contributed by atoms with Crippen LogP contribution in [-0.2, 0) is 14.3 Å². The van der Waals surface area contributed by atoms with Gasteiger partial charge in [-0.15, -0.1) is 0 Å². The van der Waals surface area contributed by atoms with E-state index in [2.05, 4.69) is 17.6 Å². The van der Waals surface area contributed by atoms with Crippen LogP contribution in [-0.4, -0.2) is 46.5 Å². The van der Waals surface area contributed by atoms with Crippen molar-refractivity contribution >= 4 is 17.9 Å². The molecule has 1 aromatic rings. The summed E-state index contributed by atoms with van der Waals surface area (Å²) in [5.74, 6) is -0.609. The molecule has 1 rings (SSSR count). The van der Waals surface area contributed by atoms with E-state index < -0.39 is 23.3 Å². The fourth-order valence-corrected chi connectivity index (χ4v) is 3.45. The van der Waals surface area contributed by atoms with Gasteiger partial charge in [-0.05, 0) is 67.4 Å². The second kappa shape index (κ2) is 11.3.